The highest BCUT2D eigenvalue weighted by Gasteiger charge is 2.22. The van der Waals surface area contributed by atoms with Crippen molar-refractivity contribution < 1.29 is 33.9 Å². The van der Waals surface area contributed by atoms with E-state index < -0.39 is 30.4 Å². The summed E-state index contributed by atoms with van der Waals surface area (Å²) in [6, 6.07) is 12.8. The smallest absolute Gasteiger partial charge is 0.412 e. The van der Waals surface area contributed by atoms with E-state index in [2.05, 4.69) is 5.32 Å². The molecule has 0 unspecified atom stereocenters. The van der Waals surface area contributed by atoms with Crippen LogP contribution in [0.5, 0.6) is 0 Å². The molecular formula is C21H25N2O6+. The van der Waals surface area contributed by atoms with Crippen molar-refractivity contribution in [3.05, 3.63) is 66.0 Å². The molecule has 2 rings (SSSR count). The zero-order valence-electron chi connectivity index (χ0n) is 16.2. The number of nitrogens with zero attached hydrogens (tertiary/aromatic N) is 1. The van der Waals surface area contributed by atoms with E-state index in [9.17, 15) is 14.4 Å². The normalized spacial score (nSPS) is 12.6. The van der Waals surface area contributed by atoms with Crippen LogP contribution in [0.25, 0.3) is 0 Å². The summed E-state index contributed by atoms with van der Waals surface area (Å²) >= 11 is 0. The van der Waals surface area contributed by atoms with Crippen molar-refractivity contribution >= 4 is 17.8 Å². The standard InChI is InChI=1S/C21H24N2O6/c1-15(10-16-6-3-2-4-7-16)22-21(28)29-14-23-9-5-8-17(12-23)19(25)11-18(13-24)20(26)27/h2-9,12,15,18,24H,10-11,13-14H2,1H3,(H-,22,26,27,28)/p+1/t15-,18-/m0/s1. The average molecular weight is 401 g/mol. The fourth-order valence-corrected chi connectivity index (χ4v) is 2.73. The number of aliphatic carboxylic acids is 1. The lowest BCUT2D eigenvalue weighted by Crippen LogP contribution is -2.41. The second-order valence-electron chi connectivity index (χ2n) is 6.75. The number of rotatable bonds is 10. The number of carbonyl (C=O) groups is 3. The van der Waals surface area contributed by atoms with E-state index in [0.29, 0.717) is 6.42 Å². The van der Waals surface area contributed by atoms with Crippen LogP contribution < -0.4 is 9.88 Å². The first-order valence-electron chi connectivity index (χ1n) is 9.22. The monoisotopic (exact) mass is 401 g/mol. The molecule has 0 saturated carbocycles. The van der Waals surface area contributed by atoms with Crippen molar-refractivity contribution in [1.29, 1.82) is 0 Å². The van der Waals surface area contributed by atoms with Gasteiger partial charge in [0, 0.05) is 18.5 Å². The SMILES string of the molecule is C[C@@H](Cc1ccccc1)NC(=O)OC[n+]1cccc(C(=O)C[C@@H](CO)C(=O)O)c1. The third-order valence-electron chi connectivity index (χ3n) is 4.28. The van der Waals surface area contributed by atoms with Crippen molar-refractivity contribution in [2.45, 2.75) is 32.5 Å². The number of aliphatic hydroxyl groups is 1. The number of pyridine rings is 1. The highest BCUT2D eigenvalue weighted by Crippen LogP contribution is 2.09. The molecule has 1 aromatic heterocycles. The maximum atomic E-state index is 12.2. The first-order chi connectivity index (χ1) is 13.9. The van der Waals surface area contributed by atoms with Crippen molar-refractivity contribution in [2.24, 2.45) is 5.92 Å². The molecule has 0 radical (unpaired) electrons. The van der Waals surface area contributed by atoms with E-state index in [4.69, 9.17) is 14.9 Å². The molecule has 8 heteroatoms. The average Bonchev–Trinajstić information content (AvgIpc) is 2.71. The molecule has 2 aromatic rings. The molecule has 0 saturated heterocycles. The van der Waals surface area contributed by atoms with Crippen LogP contribution in [-0.4, -0.2) is 40.7 Å². The molecule has 3 N–H and O–H groups in total. The van der Waals surface area contributed by atoms with Gasteiger partial charge in [-0.25, -0.2) is 4.79 Å². The highest BCUT2D eigenvalue weighted by molar-refractivity contribution is 5.97. The van der Waals surface area contributed by atoms with Crippen molar-refractivity contribution in [1.82, 2.24) is 5.32 Å². The van der Waals surface area contributed by atoms with E-state index in [-0.39, 0.29) is 24.8 Å². The van der Waals surface area contributed by atoms with Gasteiger partial charge in [-0.3, -0.25) is 9.59 Å². The lowest BCUT2D eigenvalue weighted by atomic mass is 10.00. The number of nitrogens with one attached hydrogen (secondary N) is 1. The van der Waals surface area contributed by atoms with Gasteiger partial charge in [-0.2, -0.15) is 4.57 Å². The van der Waals surface area contributed by atoms with Crippen LogP contribution in [0.1, 0.15) is 29.3 Å². The van der Waals surface area contributed by atoms with Crippen LogP contribution in [0.3, 0.4) is 0 Å². The van der Waals surface area contributed by atoms with Gasteiger partial charge in [0.15, 0.2) is 18.2 Å². The number of Topliss-reactive ketones (excluding diaryl/α,β-unsaturated/α-hetero) is 1. The molecule has 0 aliphatic heterocycles. The molecule has 1 amide bonds. The first-order valence-corrected chi connectivity index (χ1v) is 9.22. The lowest BCUT2D eigenvalue weighted by Gasteiger charge is -2.13. The van der Waals surface area contributed by atoms with Crippen LogP contribution >= 0.6 is 0 Å². The van der Waals surface area contributed by atoms with Crippen molar-refractivity contribution in [2.75, 3.05) is 6.61 Å². The molecule has 154 valence electrons. The third kappa shape index (κ3) is 7.34. The van der Waals surface area contributed by atoms with E-state index in [0.717, 1.165) is 5.56 Å². The number of alkyl carbamates (subject to hydrolysis) is 1. The summed E-state index contributed by atoms with van der Waals surface area (Å²) in [7, 11) is 0. The molecule has 29 heavy (non-hydrogen) atoms. The lowest BCUT2D eigenvalue weighted by molar-refractivity contribution is -0.727. The van der Waals surface area contributed by atoms with Crippen LogP contribution in [0, 0.1) is 5.92 Å². The number of carboxylic acids is 1. The van der Waals surface area contributed by atoms with Gasteiger partial charge < -0.3 is 20.3 Å². The van der Waals surface area contributed by atoms with E-state index in [1.165, 1.54) is 16.8 Å². The molecule has 2 atom stereocenters. The highest BCUT2D eigenvalue weighted by atomic mass is 16.6. The number of ether oxygens (including phenoxy) is 1. The number of aromatic nitrogens is 1. The Labute approximate surface area is 168 Å². The van der Waals surface area contributed by atoms with Crippen LogP contribution in [0.15, 0.2) is 54.9 Å². The number of carboxylic acid groups (broad SMARTS) is 1. The van der Waals surface area contributed by atoms with Crippen molar-refractivity contribution in [3.8, 4) is 0 Å². The summed E-state index contributed by atoms with van der Waals surface area (Å²) in [4.78, 5) is 35.2. The van der Waals surface area contributed by atoms with E-state index in [1.807, 2.05) is 37.3 Å². The first kappa shape index (κ1) is 22.0. The van der Waals surface area contributed by atoms with Crippen LogP contribution in [0.4, 0.5) is 4.79 Å². The number of hydrogen-bond acceptors (Lipinski definition) is 5. The topological polar surface area (TPSA) is 117 Å². The van der Waals surface area contributed by atoms with Gasteiger partial charge in [-0.1, -0.05) is 30.3 Å². The number of carbonyl (C=O) groups excluding carboxylic acids is 2. The molecule has 0 bridgehead atoms. The Morgan fingerprint density at radius 2 is 1.86 bits per heavy atom. The molecule has 1 aromatic carbocycles. The fraction of sp³-hybridized carbons (Fsp3) is 0.333. The van der Waals surface area contributed by atoms with Gasteiger partial charge in [0.25, 0.3) is 6.73 Å². The minimum absolute atomic E-state index is 0.104. The van der Waals surface area contributed by atoms with E-state index in [1.54, 1.807) is 12.3 Å². The van der Waals surface area contributed by atoms with Crippen LogP contribution in [-0.2, 0) is 22.7 Å². The molecule has 1 heterocycles. The summed E-state index contributed by atoms with van der Waals surface area (Å²) in [5.41, 5.74) is 1.37. The van der Waals surface area contributed by atoms with Gasteiger partial charge in [-0.15, -0.1) is 0 Å². The van der Waals surface area contributed by atoms with Gasteiger partial charge in [-0.05, 0) is 25.0 Å². The Kier molecular flexibility index (Phi) is 8.29. The molecular weight excluding hydrogens is 376 g/mol. The Morgan fingerprint density at radius 1 is 1.14 bits per heavy atom. The quantitative estimate of drug-likeness (QED) is 0.411. The summed E-state index contributed by atoms with van der Waals surface area (Å²) < 4.78 is 6.68. The maximum Gasteiger partial charge on any atom is 0.412 e. The Balaban J connectivity index is 1.85. The Morgan fingerprint density at radius 3 is 2.52 bits per heavy atom. The second kappa shape index (κ2) is 10.9. The second-order valence-corrected chi connectivity index (χ2v) is 6.75. The van der Waals surface area contributed by atoms with Gasteiger partial charge >= 0.3 is 12.1 Å². The summed E-state index contributed by atoms with van der Waals surface area (Å²) in [5.74, 6) is -2.79. The third-order valence-corrected chi connectivity index (χ3v) is 4.28. The number of aliphatic hydroxyl groups excluding tert-OH is 1. The van der Waals surface area contributed by atoms with Crippen molar-refractivity contribution in [3.63, 3.8) is 0 Å². The van der Waals surface area contributed by atoms with Gasteiger partial charge in [0.05, 0.1) is 18.1 Å². The van der Waals surface area contributed by atoms with E-state index >= 15 is 0 Å². The minimum atomic E-state index is -1.23. The molecule has 0 fully saturated rings. The summed E-state index contributed by atoms with van der Waals surface area (Å²) in [6.45, 7) is 1.16. The number of ketones is 1. The number of amides is 1. The largest absolute Gasteiger partial charge is 0.481 e. The summed E-state index contributed by atoms with van der Waals surface area (Å²) in [5, 5.41) is 20.8. The Hall–Kier alpha value is -3.26. The minimum Gasteiger partial charge on any atom is -0.481 e. The molecule has 0 aliphatic rings. The summed E-state index contributed by atoms with van der Waals surface area (Å²) in [6.07, 6.45) is 2.87. The fourth-order valence-electron chi connectivity index (χ4n) is 2.73. The molecule has 0 aliphatic carbocycles. The number of benzene rings is 1. The van der Waals surface area contributed by atoms with Gasteiger partial charge in [0.1, 0.15) is 0 Å². The predicted molar refractivity (Wildman–Crippen MR) is 103 cm³/mol. The maximum absolute atomic E-state index is 12.2. The zero-order valence-corrected chi connectivity index (χ0v) is 16.2. The zero-order chi connectivity index (χ0) is 21.2. The predicted octanol–water partition coefficient (Wildman–Crippen LogP) is 1.55. The molecule has 0 spiro atoms. The Bertz CT molecular complexity index is 840. The van der Waals surface area contributed by atoms with Crippen LogP contribution in [0.2, 0.25) is 0 Å². The van der Waals surface area contributed by atoms with Gasteiger partial charge in [0.2, 0.25) is 0 Å². The molecule has 8 nitrogen and oxygen atoms in total. The number of hydrogen-bond donors (Lipinski definition) is 3.